The van der Waals surface area contributed by atoms with E-state index in [-0.39, 0.29) is 60.8 Å². The third-order valence-corrected chi connectivity index (χ3v) is 9.96. The minimum Gasteiger partial charge on any atom is -0.480 e. The second-order valence-electron chi connectivity index (χ2n) is 11.5. The molecule has 0 aromatic carbocycles. The molecule has 0 aliphatic heterocycles. The predicted octanol–water partition coefficient (Wildman–Crippen LogP) is 3.59. The highest BCUT2D eigenvalue weighted by Gasteiger charge is 2.62. The second kappa shape index (κ2) is 8.90. The van der Waals surface area contributed by atoms with Crippen molar-refractivity contribution in [2.24, 2.45) is 46.3 Å². The van der Waals surface area contributed by atoms with Gasteiger partial charge in [-0.05, 0) is 104 Å². The molecule has 4 saturated carbocycles. The van der Waals surface area contributed by atoms with Crippen LogP contribution in [0.5, 0.6) is 0 Å². The fourth-order valence-corrected chi connectivity index (χ4v) is 8.30. The number of carbonyl (C=O) groups is 2. The molecule has 182 valence electrons. The van der Waals surface area contributed by atoms with Crippen molar-refractivity contribution in [3.63, 3.8) is 0 Å². The SMILES string of the molecule is [2H]C1([2H])C[C@]2(C)C3CC[C@@]4(C)C(CC[C@@H]4[C@H](C)CCC(=O)NCC(=O)O)C3[C@@H](O)C[C@@H]2C([2H])([2H])[C@@H]1O. The van der Waals surface area contributed by atoms with E-state index in [1.165, 1.54) is 0 Å². The number of nitrogens with one attached hydrogen (secondary N) is 1. The quantitative estimate of drug-likeness (QED) is 0.492. The molecule has 0 radical (unpaired) electrons. The van der Waals surface area contributed by atoms with Gasteiger partial charge in [0.15, 0.2) is 0 Å². The van der Waals surface area contributed by atoms with Crippen LogP contribution in [0, 0.1) is 46.3 Å². The first-order valence-electron chi connectivity index (χ1n) is 14.4. The van der Waals surface area contributed by atoms with E-state index in [0.717, 1.165) is 25.7 Å². The van der Waals surface area contributed by atoms with Gasteiger partial charge in [-0.1, -0.05) is 20.8 Å². The van der Waals surface area contributed by atoms with Crippen LogP contribution in [-0.4, -0.2) is 45.9 Å². The Bertz CT molecular complexity index is 886. The first-order chi connectivity index (χ1) is 16.6. The molecule has 0 spiro atoms. The summed E-state index contributed by atoms with van der Waals surface area (Å²) in [6.45, 7) is 6.09. The van der Waals surface area contributed by atoms with Crippen molar-refractivity contribution in [3.05, 3.63) is 0 Å². The number of hydrogen-bond donors (Lipinski definition) is 4. The summed E-state index contributed by atoms with van der Waals surface area (Å²) in [7, 11) is 0. The summed E-state index contributed by atoms with van der Waals surface area (Å²) >= 11 is 0. The number of aliphatic hydroxyl groups excluding tert-OH is 2. The van der Waals surface area contributed by atoms with Crippen molar-refractivity contribution < 1.29 is 30.4 Å². The van der Waals surface area contributed by atoms with Crippen molar-refractivity contribution in [3.8, 4) is 0 Å². The van der Waals surface area contributed by atoms with Crippen LogP contribution < -0.4 is 5.32 Å². The number of carboxylic acid groups (broad SMARTS) is 1. The van der Waals surface area contributed by atoms with Gasteiger partial charge in [-0.15, -0.1) is 0 Å². The van der Waals surface area contributed by atoms with Crippen LogP contribution in [-0.2, 0) is 9.59 Å². The molecule has 6 heteroatoms. The number of aliphatic hydroxyl groups is 2. The Morgan fingerprint density at radius 1 is 1.12 bits per heavy atom. The van der Waals surface area contributed by atoms with Crippen molar-refractivity contribution in [2.75, 3.05) is 6.54 Å². The van der Waals surface area contributed by atoms with Crippen molar-refractivity contribution in [1.82, 2.24) is 5.32 Å². The standard InChI is InChI=1S/C26H43NO5/c1-15(4-7-22(30)27-14-23(31)32)18-5-6-19-24-20(9-11-26(18,19)3)25(2)10-8-17(28)12-16(25)13-21(24)29/h15-21,24,28-29H,4-14H2,1-3H3,(H,27,30)(H,31,32)/t15-,16+,17-,18-,19?,20?,21+,24?,25+,26-/m1/s1/i8D2,12D2. The minimum atomic E-state index is -2.10. The third-order valence-electron chi connectivity index (χ3n) is 9.96. The molecule has 6 nitrogen and oxygen atoms in total. The molecule has 4 aliphatic carbocycles. The average molecular weight is 454 g/mol. The van der Waals surface area contributed by atoms with Gasteiger partial charge in [0.05, 0.1) is 12.2 Å². The third kappa shape index (κ3) is 4.11. The zero-order chi connectivity index (χ0) is 26.8. The van der Waals surface area contributed by atoms with E-state index in [9.17, 15) is 19.8 Å². The molecule has 4 rings (SSSR count). The topological polar surface area (TPSA) is 107 Å². The van der Waals surface area contributed by atoms with E-state index in [4.69, 9.17) is 10.6 Å². The summed E-state index contributed by atoms with van der Waals surface area (Å²) in [5, 5.41) is 33.2. The normalized spacial score (nSPS) is 51.5. The summed E-state index contributed by atoms with van der Waals surface area (Å²) in [6.07, 6.45) is -1.53. The van der Waals surface area contributed by atoms with Crippen molar-refractivity contribution in [1.29, 1.82) is 0 Å². The Labute approximate surface area is 198 Å². The zero-order valence-electron chi connectivity index (χ0n) is 23.6. The number of carboxylic acids is 1. The molecule has 0 aromatic rings. The van der Waals surface area contributed by atoms with E-state index >= 15 is 0 Å². The molecule has 0 bridgehead atoms. The van der Waals surface area contributed by atoms with Gasteiger partial charge in [0, 0.05) is 11.9 Å². The maximum Gasteiger partial charge on any atom is 0.322 e. The highest BCUT2D eigenvalue weighted by Crippen LogP contribution is 2.68. The van der Waals surface area contributed by atoms with Crippen LogP contribution >= 0.6 is 0 Å². The lowest BCUT2D eigenvalue weighted by molar-refractivity contribution is -0.174. The van der Waals surface area contributed by atoms with E-state index in [2.05, 4.69) is 19.2 Å². The highest BCUT2D eigenvalue weighted by atomic mass is 16.4. The fraction of sp³-hybridized carbons (Fsp3) is 0.923. The van der Waals surface area contributed by atoms with E-state index in [1.54, 1.807) is 0 Å². The highest BCUT2D eigenvalue weighted by molar-refractivity contribution is 5.81. The van der Waals surface area contributed by atoms with Gasteiger partial charge >= 0.3 is 5.97 Å². The van der Waals surface area contributed by atoms with Crippen molar-refractivity contribution in [2.45, 2.75) is 97.1 Å². The molecule has 4 aliphatic rings. The largest absolute Gasteiger partial charge is 0.480 e. The number of aliphatic carboxylic acids is 1. The lowest BCUT2D eigenvalue weighted by atomic mass is 9.43. The molecule has 10 atom stereocenters. The van der Waals surface area contributed by atoms with Crippen LogP contribution in [0.4, 0.5) is 0 Å². The molecule has 0 saturated heterocycles. The summed E-state index contributed by atoms with van der Waals surface area (Å²) in [5.74, 6) is -1.04. The number of rotatable bonds is 6. The molecule has 0 aromatic heterocycles. The smallest absolute Gasteiger partial charge is 0.322 e. The van der Waals surface area contributed by atoms with Crippen LogP contribution in [0.3, 0.4) is 0 Å². The zero-order valence-corrected chi connectivity index (χ0v) is 19.6. The van der Waals surface area contributed by atoms with Gasteiger partial charge in [-0.25, -0.2) is 0 Å². The Kier molecular flexibility index (Phi) is 5.34. The Morgan fingerprint density at radius 3 is 2.56 bits per heavy atom. The molecule has 4 fully saturated rings. The number of amides is 1. The maximum atomic E-state index is 12.1. The summed E-state index contributed by atoms with van der Waals surface area (Å²) in [6, 6.07) is 0. The van der Waals surface area contributed by atoms with E-state index < -0.39 is 42.3 Å². The Morgan fingerprint density at radius 2 is 1.84 bits per heavy atom. The van der Waals surface area contributed by atoms with Gasteiger partial charge in [-0.2, -0.15) is 0 Å². The summed E-state index contributed by atoms with van der Waals surface area (Å²) < 4.78 is 34.2. The molecular weight excluding hydrogens is 406 g/mol. The molecule has 32 heavy (non-hydrogen) atoms. The van der Waals surface area contributed by atoms with E-state index in [0.29, 0.717) is 12.3 Å². The maximum absolute atomic E-state index is 12.1. The van der Waals surface area contributed by atoms with Crippen LogP contribution in [0.25, 0.3) is 0 Å². The molecule has 4 N–H and O–H groups in total. The average Bonchev–Trinajstić information content (AvgIpc) is 3.13. The number of carbonyl (C=O) groups excluding carboxylic acids is 1. The van der Waals surface area contributed by atoms with Gasteiger partial charge in [-0.3, -0.25) is 9.59 Å². The Balaban J connectivity index is 1.52. The Hall–Kier alpha value is -1.14. The van der Waals surface area contributed by atoms with Crippen molar-refractivity contribution >= 4 is 11.9 Å². The van der Waals surface area contributed by atoms with Crippen LogP contribution in [0.15, 0.2) is 0 Å². The lowest BCUT2D eigenvalue weighted by Gasteiger charge is -2.62. The minimum absolute atomic E-state index is 0.00201. The monoisotopic (exact) mass is 453 g/mol. The fourth-order valence-electron chi connectivity index (χ4n) is 8.30. The molecular formula is C26H43NO5. The molecule has 3 unspecified atom stereocenters. The lowest BCUT2D eigenvalue weighted by Crippen LogP contribution is -2.58. The first-order valence-corrected chi connectivity index (χ1v) is 12.4. The first kappa shape index (κ1) is 19.2. The molecule has 0 heterocycles. The van der Waals surface area contributed by atoms with Crippen LogP contribution in [0.2, 0.25) is 0 Å². The van der Waals surface area contributed by atoms with Gasteiger partial charge in [0.2, 0.25) is 5.91 Å². The van der Waals surface area contributed by atoms with Gasteiger partial charge in [0.25, 0.3) is 0 Å². The number of hydrogen-bond acceptors (Lipinski definition) is 4. The van der Waals surface area contributed by atoms with Gasteiger partial charge in [0.1, 0.15) is 6.54 Å². The van der Waals surface area contributed by atoms with Gasteiger partial charge < -0.3 is 20.6 Å². The van der Waals surface area contributed by atoms with E-state index in [1.807, 2.05) is 6.92 Å². The number of fused-ring (bicyclic) bond motifs is 5. The predicted molar refractivity (Wildman–Crippen MR) is 122 cm³/mol. The van der Waals surface area contributed by atoms with Crippen LogP contribution in [0.1, 0.15) is 90.4 Å². The molecule has 1 amide bonds. The second-order valence-corrected chi connectivity index (χ2v) is 11.5. The summed E-state index contributed by atoms with van der Waals surface area (Å²) in [5.41, 5.74) is -0.655. The summed E-state index contributed by atoms with van der Waals surface area (Å²) in [4.78, 5) is 22.8.